The molecule has 1 aliphatic heterocycles. The Morgan fingerprint density at radius 1 is 1.32 bits per heavy atom. The van der Waals surface area contributed by atoms with Gasteiger partial charge < -0.3 is 20.3 Å². The minimum absolute atomic E-state index is 0.0247. The molecule has 1 atom stereocenters. The first-order chi connectivity index (χ1) is 12.2. The molecule has 7 heteroatoms. The van der Waals surface area contributed by atoms with Gasteiger partial charge in [-0.2, -0.15) is 0 Å². The molecule has 0 bridgehead atoms. The third kappa shape index (κ3) is 4.26. The summed E-state index contributed by atoms with van der Waals surface area (Å²) in [5, 5.41) is 5.59. The summed E-state index contributed by atoms with van der Waals surface area (Å²) in [6, 6.07) is 12.3. The van der Waals surface area contributed by atoms with Crippen LogP contribution in [0.15, 0.2) is 48.7 Å². The fourth-order valence-corrected chi connectivity index (χ4v) is 2.74. The van der Waals surface area contributed by atoms with Gasteiger partial charge in [-0.05, 0) is 24.3 Å². The van der Waals surface area contributed by atoms with E-state index in [1.807, 2.05) is 36.4 Å². The van der Waals surface area contributed by atoms with Crippen LogP contribution in [-0.4, -0.2) is 36.6 Å². The molecular weight excluding hydrogens is 320 g/mol. The van der Waals surface area contributed by atoms with Crippen molar-refractivity contribution in [2.75, 3.05) is 18.6 Å². The summed E-state index contributed by atoms with van der Waals surface area (Å²) in [6.45, 7) is 0.774. The minimum atomic E-state index is -0.309. The average molecular weight is 340 g/mol. The van der Waals surface area contributed by atoms with Crippen LogP contribution in [0.5, 0.6) is 5.75 Å². The van der Waals surface area contributed by atoms with Gasteiger partial charge in [0.1, 0.15) is 5.75 Å². The summed E-state index contributed by atoms with van der Waals surface area (Å²) in [6.07, 6.45) is 1.95. The maximum Gasteiger partial charge on any atom is 0.315 e. The van der Waals surface area contributed by atoms with Crippen molar-refractivity contribution < 1.29 is 14.3 Å². The molecule has 1 saturated heterocycles. The third-order valence-corrected chi connectivity index (χ3v) is 3.98. The van der Waals surface area contributed by atoms with Crippen LogP contribution in [-0.2, 0) is 11.3 Å². The number of carbonyl (C=O) groups excluding carboxylic acids is 2. The fourth-order valence-electron chi connectivity index (χ4n) is 2.74. The van der Waals surface area contributed by atoms with E-state index in [-0.39, 0.29) is 24.4 Å². The number of hydrogen-bond donors (Lipinski definition) is 2. The van der Waals surface area contributed by atoms with Crippen LogP contribution in [0, 0.1) is 0 Å². The normalized spacial score (nSPS) is 16.6. The topological polar surface area (TPSA) is 83.6 Å². The molecule has 0 radical (unpaired) electrons. The van der Waals surface area contributed by atoms with Crippen molar-refractivity contribution in [3.63, 3.8) is 0 Å². The second-order valence-electron chi connectivity index (χ2n) is 5.75. The fraction of sp³-hybridized carbons (Fsp3) is 0.278. The van der Waals surface area contributed by atoms with E-state index in [1.165, 1.54) is 0 Å². The monoisotopic (exact) mass is 340 g/mol. The van der Waals surface area contributed by atoms with E-state index in [0.29, 0.717) is 18.8 Å². The van der Waals surface area contributed by atoms with Gasteiger partial charge in [0.25, 0.3) is 0 Å². The van der Waals surface area contributed by atoms with Crippen molar-refractivity contribution in [3.05, 3.63) is 54.4 Å². The molecule has 0 spiro atoms. The van der Waals surface area contributed by atoms with Gasteiger partial charge in [0.2, 0.25) is 5.91 Å². The highest BCUT2D eigenvalue weighted by Crippen LogP contribution is 2.25. The van der Waals surface area contributed by atoms with Gasteiger partial charge in [-0.25, -0.2) is 4.79 Å². The maximum absolute atomic E-state index is 12.2. The number of nitrogens with zero attached hydrogens (tertiary/aromatic N) is 2. The van der Waals surface area contributed by atoms with E-state index in [0.717, 1.165) is 11.4 Å². The predicted molar refractivity (Wildman–Crippen MR) is 93.4 cm³/mol. The summed E-state index contributed by atoms with van der Waals surface area (Å²) in [4.78, 5) is 30.1. The number of anilines is 1. The molecule has 2 N–H and O–H groups in total. The molecule has 1 aromatic carbocycles. The molecule has 1 unspecified atom stereocenters. The third-order valence-electron chi connectivity index (χ3n) is 3.98. The van der Waals surface area contributed by atoms with Crippen LogP contribution < -0.4 is 20.3 Å². The Morgan fingerprint density at radius 2 is 2.20 bits per heavy atom. The Hall–Kier alpha value is -3.09. The minimum Gasteiger partial charge on any atom is -0.497 e. The number of pyridine rings is 1. The molecule has 1 fully saturated rings. The quantitative estimate of drug-likeness (QED) is 0.868. The summed E-state index contributed by atoms with van der Waals surface area (Å²) in [7, 11) is 1.58. The Labute approximate surface area is 146 Å². The highest BCUT2D eigenvalue weighted by molar-refractivity contribution is 5.97. The molecule has 2 aromatic rings. The number of urea groups is 1. The molecule has 3 amide bonds. The smallest absolute Gasteiger partial charge is 0.315 e. The number of methoxy groups -OCH3 is 1. The number of nitrogens with one attached hydrogen (secondary N) is 2. The Balaban J connectivity index is 1.54. The molecule has 25 heavy (non-hydrogen) atoms. The van der Waals surface area contributed by atoms with E-state index < -0.39 is 0 Å². The number of rotatable bonds is 5. The van der Waals surface area contributed by atoms with Crippen LogP contribution in [0.4, 0.5) is 10.5 Å². The van der Waals surface area contributed by atoms with Gasteiger partial charge in [-0.15, -0.1) is 0 Å². The van der Waals surface area contributed by atoms with Crippen LogP contribution in [0.3, 0.4) is 0 Å². The summed E-state index contributed by atoms with van der Waals surface area (Å²) in [5.41, 5.74) is 1.54. The second kappa shape index (κ2) is 7.65. The molecule has 1 aromatic heterocycles. The van der Waals surface area contributed by atoms with Crippen LogP contribution >= 0.6 is 0 Å². The lowest BCUT2D eigenvalue weighted by molar-refractivity contribution is -0.117. The lowest BCUT2D eigenvalue weighted by Gasteiger charge is -2.18. The zero-order chi connectivity index (χ0) is 17.6. The van der Waals surface area contributed by atoms with Gasteiger partial charge in [0, 0.05) is 30.9 Å². The van der Waals surface area contributed by atoms with Gasteiger partial charge >= 0.3 is 6.03 Å². The van der Waals surface area contributed by atoms with E-state index >= 15 is 0 Å². The van der Waals surface area contributed by atoms with Crippen molar-refractivity contribution >= 4 is 17.6 Å². The van der Waals surface area contributed by atoms with Crippen LogP contribution in [0.1, 0.15) is 12.1 Å². The van der Waals surface area contributed by atoms with E-state index in [2.05, 4.69) is 15.6 Å². The zero-order valence-electron chi connectivity index (χ0n) is 13.9. The largest absolute Gasteiger partial charge is 0.497 e. The van der Waals surface area contributed by atoms with Gasteiger partial charge in [0.15, 0.2) is 0 Å². The average Bonchev–Trinajstić information content (AvgIpc) is 3.01. The number of hydrogen-bond acceptors (Lipinski definition) is 4. The SMILES string of the molecule is COc1cccc(N2CC(NC(=O)NCc3ccccn3)CC2=O)c1. The Morgan fingerprint density at radius 3 is 2.96 bits per heavy atom. The first-order valence-corrected chi connectivity index (χ1v) is 8.04. The van der Waals surface area contributed by atoms with Gasteiger partial charge in [-0.1, -0.05) is 12.1 Å². The number of ether oxygens (including phenoxy) is 1. The zero-order valence-corrected chi connectivity index (χ0v) is 13.9. The van der Waals surface area contributed by atoms with Crippen molar-refractivity contribution in [2.24, 2.45) is 0 Å². The molecule has 1 aliphatic rings. The number of benzene rings is 1. The molecule has 0 aliphatic carbocycles. The van der Waals surface area contributed by atoms with Crippen LogP contribution in [0.25, 0.3) is 0 Å². The maximum atomic E-state index is 12.2. The molecular formula is C18H20N4O3. The number of aromatic nitrogens is 1. The first-order valence-electron chi connectivity index (χ1n) is 8.04. The standard InChI is InChI=1S/C18H20N4O3/c1-25-16-7-4-6-15(10-16)22-12-14(9-17(22)23)21-18(24)20-11-13-5-2-3-8-19-13/h2-8,10,14H,9,11-12H2,1H3,(H2,20,21,24). The molecule has 130 valence electrons. The highest BCUT2D eigenvalue weighted by atomic mass is 16.5. The summed E-state index contributed by atoms with van der Waals surface area (Å²) >= 11 is 0. The van der Waals surface area contributed by atoms with Gasteiger partial charge in [-0.3, -0.25) is 9.78 Å². The number of amides is 3. The van der Waals surface area contributed by atoms with Gasteiger partial charge in [0.05, 0.1) is 25.4 Å². The predicted octanol–water partition coefficient (Wildman–Crippen LogP) is 1.69. The lowest BCUT2D eigenvalue weighted by Crippen LogP contribution is -2.43. The molecule has 3 rings (SSSR count). The van der Waals surface area contributed by atoms with E-state index in [1.54, 1.807) is 24.3 Å². The van der Waals surface area contributed by atoms with Crippen LogP contribution in [0.2, 0.25) is 0 Å². The van der Waals surface area contributed by atoms with Crippen molar-refractivity contribution in [3.8, 4) is 5.75 Å². The summed E-state index contributed by atoms with van der Waals surface area (Å²) in [5.74, 6) is 0.665. The summed E-state index contributed by atoms with van der Waals surface area (Å²) < 4.78 is 5.19. The Bertz CT molecular complexity index is 751. The highest BCUT2D eigenvalue weighted by Gasteiger charge is 2.31. The molecule has 0 saturated carbocycles. The van der Waals surface area contributed by atoms with E-state index in [9.17, 15) is 9.59 Å². The second-order valence-corrected chi connectivity index (χ2v) is 5.75. The number of carbonyl (C=O) groups is 2. The Kier molecular flexibility index (Phi) is 5.13. The lowest BCUT2D eigenvalue weighted by atomic mass is 10.2. The first kappa shape index (κ1) is 16.8. The van der Waals surface area contributed by atoms with Crippen molar-refractivity contribution in [1.29, 1.82) is 0 Å². The van der Waals surface area contributed by atoms with E-state index in [4.69, 9.17) is 4.74 Å². The molecule has 7 nitrogen and oxygen atoms in total. The van der Waals surface area contributed by atoms with Crippen molar-refractivity contribution in [2.45, 2.75) is 19.0 Å². The van der Waals surface area contributed by atoms with Crippen molar-refractivity contribution in [1.82, 2.24) is 15.6 Å². The molecule has 2 heterocycles.